The van der Waals surface area contributed by atoms with Crippen molar-refractivity contribution in [3.05, 3.63) is 40.5 Å². The second-order valence-electron chi connectivity index (χ2n) is 4.25. The topological polar surface area (TPSA) is 50.4 Å². The third-order valence-corrected chi connectivity index (χ3v) is 3.70. The molecule has 5 heteroatoms. The summed E-state index contributed by atoms with van der Waals surface area (Å²) in [4.78, 5) is 5.39. The Kier molecular flexibility index (Phi) is 2.65. The Morgan fingerprint density at radius 3 is 2.61 bits per heavy atom. The molecule has 1 N–H and O–H groups in total. The predicted molar refractivity (Wildman–Crippen MR) is 71.7 cm³/mol. The van der Waals surface area contributed by atoms with Crippen molar-refractivity contribution >= 4 is 16.3 Å². The standard InChI is InChI=1S/C13H13N3OS/c1-8-3-5-10(6-4-8)12-11(7-17)16-13(14-12)18-9(2)15-16/h3-6,17H,7H2,1-2H3. The van der Waals surface area contributed by atoms with Gasteiger partial charge in [-0.2, -0.15) is 5.10 Å². The van der Waals surface area contributed by atoms with Crippen LogP contribution in [-0.2, 0) is 6.61 Å². The Balaban J connectivity index is 2.22. The Hall–Kier alpha value is -1.72. The van der Waals surface area contributed by atoms with E-state index in [0.29, 0.717) is 0 Å². The van der Waals surface area contributed by atoms with Gasteiger partial charge in [-0.15, -0.1) is 0 Å². The molecule has 0 fully saturated rings. The van der Waals surface area contributed by atoms with Crippen molar-refractivity contribution in [1.29, 1.82) is 0 Å². The number of hydrogen-bond donors (Lipinski definition) is 1. The van der Waals surface area contributed by atoms with E-state index in [1.807, 2.05) is 38.1 Å². The minimum atomic E-state index is -0.0620. The predicted octanol–water partition coefficient (Wildman–Crippen LogP) is 2.57. The van der Waals surface area contributed by atoms with Crippen molar-refractivity contribution in [2.24, 2.45) is 0 Å². The maximum atomic E-state index is 9.53. The lowest BCUT2D eigenvalue weighted by atomic mass is 10.1. The van der Waals surface area contributed by atoms with E-state index in [1.165, 1.54) is 16.9 Å². The monoisotopic (exact) mass is 259 g/mol. The fourth-order valence-electron chi connectivity index (χ4n) is 1.97. The molecule has 2 aromatic heterocycles. The minimum Gasteiger partial charge on any atom is -0.390 e. The molecule has 0 aliphatic carbocycles. The number of aromatic nitrogens is 3. The maximum absolute atomic E-state index is 9.53. The van der Waals surface area contributed by atoms with E-state index >= 15 is 0 Å². The summed E-state index contributed by atoms with van der Waals surface area (Å²) in [6.45, 7) is 3.92. The first-order valence-corrected chi connectivity index (χ1v) is 6.53. The van der Waals surface area contributed by atoms with E-state index in [4.69, 9.17) is 0 Å². The molecule has 92 valence electrons. The first-order valence-electron chi connectivity index (χ1n) is 5.72. The van der Waals surface area contributed by atoms with Gasteiger partial charge >= 0.3 is 0 Å². The highest BCUT2D eigenvalue weighted by Crippen LogP contribution is 2.27. The third-order valence-electron chi connectivity index (χ3n) is 2.87. The van der Waals surface area contributed by atoms with E-state index in [1.54, 1.807) is 4.52 Å². The molecule has 0 unspecified atom stereocenters. The molecule has 0 bridgehead atoms. The molecule has 1 aromatic carbocycles. The molecule has 18 heavy (non-hydrogen) atoms. The van der Waals surface area contributed by atoms with E-state index in [2.05, 4.69) is 10.1 Å². The van der Waals surface area contributed by atoms with Crippen LogP contribution in [0.2, 0.25) is 0 Å². The zero-order valence-corrected chi connectivity index (χ0v) is 11.0. The highest BCUT2D eigenvalue weighted by Gasteiger charge is 2.15. The zero-order chi connectivity index (χ0) is 12.7. The molecule has 3 rings (SSSR count). The lowest BCUT2D eigenvalue weighted by Gasteiger charge is -2.01. The fraction of sp³-hybridized carbons (Fsp3) is 0.231. The van der Waals surface area contributed by atoms with Gasteiger partial charge in [-0.05, 0) is 13.8 Å². The molecule has 0 radical (unpaired) electrons. The summed E-state index contributed by atoms with van der Waals surface area (Å²) in [7, 11) is 0. The number of benzene rings is 1. The van der Waals surface area contributed by atoms with Crippen LogP contribution in [0.4, 0.5) is 0 Å². The number of aliphatic hydroxyl groups is 1. The molecule has 0 aliphatic heterocycles. The van der Waals surface area contributed by atoms with Gasteiger partial charge in [0, 0.05) is 5.56 Å². The molecule has 0 atom stereocenters. The van der Waals surface area contributed by atoms with Crippen LogP contribution in [0.1, 0.15) is 16.3 Å². The van der Waals surface area contributed by atoms with Crippen molar-refractivity contribution < 1.29 is 5.11 Å². The summed E-state index contributed by atoms with van der Waals surface area (Å²) in [5.74, 6) is 0. The summed E-state index contributed by atoms with van der Waals surface area (Å²) < 4.78 is 1.73. The van der Waals surface area contributed by atoms with Crippen LogP contribution in [0.5, 0.6) is 0 Å². The molecule has 0 amide bonds. The number of rotatable bonds is 2. The second-order valence-corrected chi connectivity index (χ2v) is 5.41. The van der Waals surface area contributed by atoms with Crippen LogP contribution < -0.4 is 0 Å². The summed E-state index contributed by atoms with van der Waals surface area (Å²) in [6.07, 6.45) is 0. The SMILES string of the molecule is Cc1ccc(-c2nc3sc(C)nn3c2CO)cc1. The van der Waals surface area contributed by atoms with Crippen molar-refractivity contribution in [2.45, 2.75) is 20.5 Å². The van der Waals surface area contributed by atoms with Crippen molar-refractivity contribution in [3.63, 3.8) is 0 Å². The number of hydrogen-bond acceptors (Lipinski definition) is 4. The lowest BCUT2D eigenvalue weighted by Crippen LogP contribution is -1.95. The number of nitrogens with zero attached hydrogens (tertiary/aromatic N) is 3. The molecule has 3 aromatic rings. The van der Waals surface area contributed by atoms with Crippen molar-refractivity contribution in [2.75, 3.05) is 0 Å². The first-order chi connectivity index (χ1) is 8.69. The van der Waals surface area contributed by atoms with E-state index in [9.17, 15) is 5.11 Å². The molecule has 0 saturated heterocycles. The molecule has 2 heterocycles. The first kappa shape index (κ1) is 11.4. The largest absolute Gasteiger partial charge is 0.390 e. The highest BCUT2D eigenvalue weighted by atomic mass is 32.1. The fourth-order valence-corrected chi connectivity index (χ4v) is 2.73. The van der Waals surface area contributed by atoms with Gasteiger partial charge in [-0.25, -0.2) is 9.50 Å². The van der Waals surface area contributed by atoms with Gasteiger partial charge in [0.05, 0.1) is 18.0 Å². The average Bonchev–Trinajstić information content (AvgIpc) is 2.85. The Morgan fingerprint density at radius 1 is 1.22 bits per heavy atom. The molecule has 4 nitrogen and oxygen atoms in total. The van der Waals surface area contributed by atoms with Crippen LogP contribution in [0.25, 0.3) is 16.2 Å². The van der Waals surface area contributed by atoms with Gasteiger partial charge in [0.25, 0.3) is 0 Å². The number of fused-ring (bicyclic) bond motifs is 1. The Labute approximate surface area is 109 Å². The number of imidazole rings is 1. The van der Waals surface area contributed by atoms with Crippen LogP contribution in [-0.4, -0.2) is 19.7 Å². The van der Waals surface area contributed by atoms with Gasteiger partial charge in [0.15, 0.2) is 0 Å². The third kappa shape index (κ3) is 1.72. The second kappa shape index (κ2) is 4.19. The Morgan fingerprint density at radius 2 is 1.94 bits per heavy atom. The average molecular weight is 259 g/mol. The van der Waals surface area contributed by atoms with Crippen molar-refractivity contribution in [3.8, 4) is 11.3 Å². The van der Waals surface area contributed by atoms with Gasteiger partial charge in [0.2, 0.25) is 4.96 Å². The van der Waals surface area contributed by atoms with Crippen LogP contribution in [0.3, 0.4) is 0 Å². The zero-order valence-electron chi connectivity index (χ0n) is 10.2. The molecule has 0 aliphatic rings. The van der Waals surface area contributed by atoms with Crippen LogP contribution in [0.15, 0.2) is 24.3 Å². The highest BCUT2D eigenvalue weighted by molar-refractivity contribution is 7.16. The van der Waals surface area contributed by atoms with Crippen molar-refractivity contribution in [1.82, 2.24) is 14.6 Å². The summed E-state index contributed by atoms with van der Waals surface area (Å²) in [5.41, 5.74) is 3.79. The van der Waals surface area contributed by atoms with Gasteiger partial charge in [0.1, 0.15) is 5.01 Å². The molecular formula is C13H13N3OS. The van der Waals surface area contributed by atoms with E-state index < -0.39 is 0 Å². The minimum absolute atomic E-state index is 0.0620. The van der Waals surface area contributed by atoms with Crippen LogP contribution in [0, 0.1) is 13.8 Å². The molecular weight excluding hydrogens is 246 g/mol. The van der Waals surface area contributed by atoms with Gasteiger partial charge in [-0.1, -0.05) is 41.2 Å². The normalized spacial score (nSPS) is 11.3. The smallest absolute Gasteiger partial charge is 0.213 e. The number of aryl methyl sites for hydroxylation is 2. The Bertz CT molecular complexity index is 697. The summed E-state index contributed by atoms with van der Waals surface area (Å²) in [5, 5.41) is 14.8. The lowest BCUT2D eigenvalue weighted by molar-refractivity contribution is 0.275. The van der Waals surface area contributed by atoms with Gasteiger partial charge < -0.3 is 5.11 Å². The molecule has 0 spiro atoms. The van der Waals surface area contributed by atoms with E-state index in [-0.39, 0.29) is 6.61 Å². The number of aliphatic hydroxyl groups excluding tert-OH is 1. The van der Waals surface area contributed by atoms with Gasteiger partial charge in [-0.3, -0.25) is 0 Å². The van der Waals surface area contributed by atoms with E-state index in [0.717, 1.165) is 26.9 Å². The summed E-state index contributed by atoms with van der Waals surface area (Å²) in [6, 6.07) is 8.13. The van der Waals surface area contributed by atoms with Crippen LogP contribution >= 0.6 is 11.3 Å². The quantitative estimate of drug-likeness (QED) is 0.769. The maximum Gasteiger partial charge on any atom is 0.213 e. The summed E-state index contributed by atoms with van der Waals surface area (Å²) >= 11 is 1.53. The molecule has 0 saturated carbocycles.